The molecule has 0 aliphatic carbocycles. The second-order valence-corrected chi connectivity index (χ2v) is 6.48. The van der Waals surface area contributed by atoms with Crippen molar-refractivity contribution in [3.63, 3.8) is 0 Å². The number of aryl methyl sites for hydroxylation is 2. The van der Waals surface area contributed by atoms with E-state index in [0.717, 1.165) is 25.3 Å². The van der Waals surface area contributed by atoms with Crippen LogP contribution in [0.15, 0.2) is 0 Å². The van der Waals surface area contributed by atoms with Gasteiger partial charge in [0.25, 0.3) is 0 Å². The molecule has 5 nitrogen and oxygen atoms in total. The summed E-state index contributed by atoms with van der Waals surface area (Å²) in [5.41, 5.74) is 3.06. The molecule has 0 bridgehead atoms. The molecular formula is C16H27N3O2. The maximum Gasteiger partial charge on any atom is 0.309 e. The van der Waals surface area contributed by atoms with Crippen molar-refractivity contribution in [2.24, 2.45) is 5.41 Å². The summed E-state index contributed by atoms with van der Waals surface area (Å²) in [7, 11) is 0. The molecule has 1 unspecified atom stereocenters. The Bertz CT molecular complexity index is 528. The van der Waals surface area contributed by atoms with Gasteiger partial charge in [0.15, 0.2) is 0 Å². The van der Waals surface area contributed by atoms with Crippen LogP contribution in [0.5, 0.6) is 0 Å². The van der Waals surface area contributed by atoms with Gasteiger partial charge in [0, 0.05) is 23.8 Å². The van der Waals surface area contributed by atoms with Crippen molar-refractivity contribution in [1.29, 1.82) is 0 Å². The molecule has 0 saturated carbocycles. The molecule has 1 saturated heterocycles. The Kier molecular flexibility index (Phi) is 4.42. The van der Waals surface area contributed by atoms with E-state index in [2.05, 4.69) is 37.7 Å². The zero-order chi connectivity index (χ0) is 15.8. The molecule has 1 aromatic heterocycles. The number of rotatable bonds is 4. The Morgan fingerprint density at radius 2 is 1.95 bits per heavy atom. The fourth-order valence-electron chi connectivity index (χ4n) is 3.42. The lowest BCUT2D eigenvalue weighted by atomic mass is 9.80. The van der Waals surface area contributed by atoms with Gasteiger partial charge in [0.05, 0.1) is 11.1 Å². The number of hydrogen-bond donors (Lipinski definition) is 1. The van der Waals surface area contributed by atoms with Gasteiger partial charge in [0.2, 0.25) is 0 Å². The molecule has 5 heteroatoms. The maximum atomic E-state index is 11.3. The van der Waals surface area contributed by atoms with Gasteiger partial charge in [-0.1, -0.05) is 0 Å². The smallest absolute Gasteiger partial charge is 0.309 e. The summed E-state index contributed by atoms with van der Waals surface area (Å²) in [6.07, 6.45) is 1.43. The average Bonchev–Trinajstić information content (AvgIpc) is 2.73. The molecule has 1 aliphatic rings. The van der Waals surface area contributed by atoms with Crippen LogP contribution in [0.1, 0.15) is 56.6 Å². The minimum absolute atomic E-state index is 0.295. The summed E-state index contributed by atoms with van der Waals surface area (Å²) in [6.45, 7) is 12.9. The van der Waals surface area contributed by atoms with Crippen LogP contribution in [-0.2, 0) is 11.3 Å². The fraction of sp³-hybridized carbons (Fsp3) is 0.750. The lowest BCUT2D eigenvalue weighted by Gasteiger charge is -2.39. The molecule has 0 amide bonds. The Morgan fingerprint density at radius 3 is 2.38 bits per heavy atom. The van der Waals surface area contributed by atoms with Gasteiger partial charge in [-0.15, -0.1) is 0 Å². The Labute approximate surface area is 126 Å². The van der Waals surface area contributed by atoms with E-state index in [0.29, 0.717) is 18.9 Å². The number of carboxylic acid groups (broad SMARTS) is 1. The highest BCUT2D eigenvalue weighted by Crippen LogP contribution is 2.36. The van der Waals surface area contributed by atoms with E-state index in [9.17, 15) is 9.90 Å². The van der Waals surface area contributed by atoms with E-state index in [1.54, 1.807) is 0 Å². The van der Waals surface area contributed by atoms with E-state index in [-0.39, 0.29) is 0 Å². The van der Waals surface area contributed by atoms with Crippen LogP contribution in [0.25, 0.3) is 0 Å². The number of carboxylic acids is 1. The van der Waals surface area contributed by atoms with Gasteiger partial charge in [-0.05, 0) is 60.5 Å². The predicted octanol–water partition coefficient (Wildman–Crippen LogP) is 2.77. The fourth-order valence-corrected chi connectivity index (χ4v) is 3.42. The van der Waals surface area contributed by atoms with Crippen molar-refractivity contribution in [1.82, 2.24) is 14.7 Å². The second-order valence-electron chi connectivity index (χ2n) is 6.48. The minimum Gasteiger partial charge on any atom is -0.481 e. The highest BCUT2D eigenvalue weighted by Gasteiger charge is 2.38. The number of nitrogens with zero attached hydrogens (tertiary/aromatic N) is 3. The molecule has 1 fully saturated rings. The molecular weight excluding hydrogens is 266 g/mol. The van der Waals surface area contributed by atoms with Crippen LogP contribution in [0.2, 0.25) is 0 Å². The van der Waals surface area contributed by atoms with Crippen molar-refractivity contribution in [2.45, 2.75) is 60.0 Å². The van der Waals surface area contributed by atoms with E-state index >= 15 is 0 Å². The topological polar surface area (TPSA) is 58.4 Å². The minimum atomic E-state index is -0.666. The molecule has 0 spiro atoms. The molecule has 21 heavy (non-hydrogen) atoms. The zero-order valence-electron chi connectivity index (χ0n) is 13.8. The molecule has 0 aromatic carbocycles. The van der Waals surface area contributed by atoms with Gasteiger partial charge in [0.1, 0.15) is 0 Å². The summed E-state index contributed by atoms with van der Waals surface area (Å²) in [5.74, 6) is -0.666. The number of aliphatic carboxylic acids is 1. The first kappa shape index (κ1) is 16.0. The van der Waals surface area contributed by atoms with Gasteiger partial charge in [-0.25, -0.2) is 0 Å². The molecule has 2 heterocycles. The molecule has 1 N–H and O–H groups in total. The molecule has 0 radical (unpaired) electrons. The van der Waals surface area contributed by atoms with Crippen LogP contribution < -0.4 is 0 Å². The quantitative estimate of drug-likeness (QED) is 0.927. The van der Waals surface area contributed by atoms with Crippen LogP contribution >= 0.6 is 0 Å². The lowest BCUT2D eigenvalue weighted by molar-refractivity contribution is -0.151. The average molecular weight is 293 g/mol. The van der Waals surface area contributed by atoms with E-state index in [1.165, 1.54) is 11.3 Å². The normalized spacial score (nSPS) is 20.4. The second kappa shape index (κ2) is 5.79. The monoisotopic (exact) mass is 293 g/mol. The predicted molar refractivity (Wildman–Crippen MR) is 82.3 cm³/mol. The van der Waals surface area contributed by atoms with Crippen LogP contribution in [0, 0.1) is 19.3 Å². The molecule has 1 aliphatic heterocycles. The number of hydrogen-bond acceptors (Lipinski definition) is 3. The standard InChI is InChI=1S/C16H27N3O2/c1-6-19-13(4)14(11(2)17-19)12(3)18-9-7-16(5,8-10-18)15(20)21/h12H,6-10H2,1-5H3,(H,20,21). The number of aromatic nitrogens is 2. The van der Waals surface area contributed by atoms with Crippen LogP contribution in [0.4, 0.5) is 0 Å². The van der Waals surface area contributed by atoms with Gasteiger partial charge < -0.3 is 5.11 Å². The van der Waals surface area contributed by atoms with Crippen molar-refractivity contribution in [3.8, 4) is 0 Å². The molecule has 118 valence electrons. The van der Waals surface area contributed by atoms with Crippen molar-refractivity contribution < 1.29 is 9.90 Å². The Balaban J connectivity index is 2.14. The van der Waals surface area contributed by atoms with E-state index in [1.807, 2.05) is 11.6 Å². The molecule has 1 atom stereocenters. The molecule has 2 rings (SSSR count). The van der Waals surface area contributed by atoms with Gasteiger partial charge >= 0.3 is 5.97 Å². The first-order valence-corrected chi connectivity index (χ1v) is 7.81. The number of carbonyl (C=O) groups is 1. The summed E-state index contributed by atoms with van der Waals surface area (Å²) < 4.78 is 2.05. The third-order valence-corrected chi connectivity index (χ3v) is 5.12. The van der Waals surface area contributed by atoms with Crippen LogP contribution in [0.3, 0.4) is 0 Å². The first-order chi connectivity index (χ1) is 9.80. The van der Waals surface area contributed by atoms with Crippen molar-refractivity contribution in [3.05, 3.63) is 17.0 Å². The van der Waals surface area contributed by atoms with E-state index in [4.69, 9.17) is 0 Å². The largest absolute Gasteiger partial charge is 0.481 e. The highest BCUT2D eigenvalue weighted by molar-refractivity contribution is 5.74. The van der Waals surface area contributed by atoms with Crippen LogP contribution in [-0.4, -0.2) is 38.8 Å². The third kappa shape index (κ3) is 2.84. The Morgan fingerprint density at radius 1 is 1.38 bits per heavy atom. The lowest BCUT2D eigenvalue weighted by Crippen LogP contribution is -2.43. The first-order valence-electron chi connectivity index (χ1n) is 7.81. The zero-order valence-corrected chi connectivity index (χ0v) is 13.8. The number of likely N-dealkylation sites (tertiary alicyclic amines) is 1. The Hall–Kier alpha value is -1.36. The van der Waals surface area contributed by atoms with E-state index < -0.39 is 11.4 Å². The third-order valence-electron chi connectivity index (χ3n) is 5.12. The summed E-state index contributed by atoms with van der Waals surface area (Å²) in [6, 6.07) is 0.295. The SMILES string of the molecule is CCn1nc(C)c(C(C)N2CCC(C)(C(=O)O)CC2)c1C. The summed E-state index contributed by atoms with van der Waals surface area (Å²) >= 11 is 0. The van der Waals surface area contributed by atoms with Crippen molar-refractivity contribution >= 4 is 5.97 Å². The van der Waals surface area contributed by atoms with Gasteiger partial charge in [-0.3, -0.25) is 14.4 Å². The van der Waals surface area contributed by atoms with Crippen molar-refractivity contribution in [2.75, 3.05) is 13.1 Å². The summed E-state index contributed by atoms with van der Waals surface area (Å²) in [4.78, 5) is 13.7. The highest BCUT2D eigenvalue weighted by atomic mass is 16.4. The van der Waals surface area contributed by atoms with Gasteiger partial charge in [-0.2, -0.15) is 5.10 Å². The summed E-state index contributed by atoms with van der Waals surface area (Å²) in [5, 5.41) is 13.9. The maximum absolute atomic E-state index is 11.3. The molecule has 1 aromatic rings. The number of piperidine rings is 1.